The van der Waals surface area contributed by atoms with Gasteiger partial charge in [-0.15, -0.1) is 35.3 Å². The van der Waals surface area contributed by atoms with Crippen LogP contribution in [0.5, 0.6) is 0 Å². The van der Waals surface area contributed by atoms with Gasteiger partial charge in [0.1, 0.15) is 0 Å². The van der Waals surface area contributed by atoms with Gasteiger partial charge in [0, 0.05) is 31.6 Å². The highest BCUT2D eigenvalue weighted by Crippen LogP contribution is 2.20. The average Bonchev–Trinajstić information content (AvgIpc) is 3.37. The number of rotatable bonds is 7. The summed E-state index contributed by atoms with van der Waals surface area (Å²) >= 11 is 3.62. The van der Waals surface area contributed by atoms with Crippen molar-refractivity contribution < 1.29 is 0 Å². The Balaban J connectivity index is 0.00000261. The lowest BCUT2D eigenvalue weighted by Crippen LogP contribution is -2.43. The quantitative estimate of drug-likeness (QED) is 0.320. The van der Waals surface area contributed by atoms with E-state index in [1.165, 1.54) is 36.4 Å². The summed E-state index contributed by atoms with van der Waals surface area (Å²) in [5.74, 6) is 2.16. The van der Waals surface area contributed by atoms with Crippen LogP contribution in [0.1, 0.15) is 36.1 Å². The number of hydrogen-bond acceptors (Lipinski definition) is 4. The van der Waals surface area contributed by atoms with Crippen molar-refractivity contribution in [3.63, 3.8) is 0 Å². The van der Waals surface area contributed by atoms with Crippen molar-refractivity contribution in [1.29, 1.82) is 0 Å². The molecule has 7 heteroatoms. The number of thiophene rings is 2. The zero-order valence-corrected chi connectivity index (χ0v) is 20.2. The first-order valence-electron chi connectivity index (χ1n) is 9.46. The van der Waals surface area contributed by atoms with Crippen molar-refractivity contribution in [1.82, 2.24) is 15.5 Å². The normalized spacial score (nSPS) is 17.3. The van der Waals surface area contributed by atoms with Gasteiger partial charge in [-0.2, -0.15) is 11.3 Å². The molecular formula is C20H31IN4S2. The number of likely N-dealkylation sites (tertiary alicyclic amines) is 1. The summed E-state index contributed by atoms with van der Waals surface area (Å²) in [5.41, 5.74) is 1.40. The summed E-state index contributed by atoms with van der Waals surface area (Å²) in [4.78, 5) is 8.44. The molecule has 1 aliphatic heterocycles. The number of guanidine groups is 1. The fourth-order valence-corrected chi connectivity index (χ4v) is 4.88. The molecule has 0 radical (unpaired) electrons. The average molecular weight is 519 g/mol. The second kappa shape index (κ2) is 12.0. The van der Waals surface area contributed by atoms with Crippen LogP contribution in [0, 0.1) is 5.92 Å². The highest BCUT2D eigenvalue weighted by Gasteiger charge is 2.19. The zero-order chi connectivity index (χ0) is 18.2. The Hall–Kier alpha value is -0.640. The van der Waals surface area contributed by atoms with Gasteiger partial charge in [0.05, 0.1) is 0 Å². The van der Waals surface area contributed by atoms with E-state index in [2.05, 4.69) is 61.8 Å². The Kier molecular flexibility index (Phi) is 10.1. The molecule has 0 spiro atoms. The minimum absolute atomic E-state index is 0. The Morgan fingerprint density at radius 3 is 2.70 bits per heavy atom. The van der Waals surface area contributed by atoms with Crippen molar-refractivity contribution in [2.75, 3.05) is 33.2 Å². The third-order valence-electron chi connectivity index (χ3n) is 5.14. The maximum Gasteiger partial charge on any atom is 0.191 e. The maximum absolute atomic E-state index is 4.38. The second-order valence-corrected chi connectivity index (χ2v) is 8.90. The van der Waals surface area contributed by atoms with E-state index < -0.39 is 0 Å². The lowest BCUT2D eigenvalue weighted by molar-refractivity contribution is 0.179. The molecule has 1 saturated heterocycles. The van der Waals surface area contributed by atoms with Crippen LogP contribution in [0.25, 0.3) is 0 Å². The van der Waals surface area contributed by atoms with Crippen molar-refractivity contribution in [3.8, 4) is 0 Å². The first-order valence-corrected chi connectivity index (χ1v) is 11.3. The van der Waals surface area contributed by atoms with Crippen molar-refractivity contribution >= 4 is 52.6 Å². The fourth-order valence-electron chi connectivity index (χ4n) is 3.36. The van der Waals surface area contributed by atoms with Crippen LogP contribution in [0.2, 0.25) is 0 Å². The number of nitrogens with one attached hydrogen (secondary N) is 2. The molecule has 3 heterocycles. The van der Waals surface area contributed by atoms with Gasteiger partial charge in [-0.3, -0.25) is 9.89 Å². The Bertz CT molecular complexity index is 650. The number of hydrogen-bond donors (Lipinski definition) is 2. The molecule has 27 heavy (non-hydrogen) atoms. The molecule has 4 nitrogen and oxygen atoms in total. The van der Waals surface area contributed by atoms with E-state index in [-0.39, 0.29) is 24.0 Å². The van der Waals surface area contributed by atoms with Gasteiger partial charge in [0.25, 0.3) is 0 Å². The summed E-state index contributed by atoms with van der Waals surface area (Å²) in [6.45, 7) is 7.69. The molecule has 0 aromatic carbocycles. The first-order chi connectivity index (χ1) is 12.7. The van der Waals surface area contributed by atoms with Gasteiger partial charge < -0.3 is 10.6 Å². The Labute approximate surface area is 188 Å². The van der Waals surface area contributed by atoms with Crippen LogP contribution in [-0.4, -0.2) is 44.1 Å². The number of piperidine rings is 1. The molecule has 1 atom stereocenters. The summed E-state index contributed by atoms with van der Waals surface area (Å²) in [6.07, 6.45) is 2.53. The van der Waals surface area contributed by atoms with E-state index in [4.69, 9.17) is 0 Å². The van der Waals surface area contributed by atoms with Crippen molar-refractivity contribution in [2.45, 2.75) is 32.2 Å². The maximum atomic E-state index is 4.38. The number of halogens is 1. The zero-order valence-electron chi connectivity index (χ0n) is 16.2. The van der Waals surface area contributed by atoms with Gasteiger partial charge in [-0.1, -0.05) is 13.0 Å². The lowest BCUT2D eigenvalue weighted by Gasteiger charge is -2.32. The van der Waals surface area contributed by atoms with Gasteiger partial charge in [0.15, 0.2) is 5.96 Å². The summed E-state index contributed by atoms with van der Waals surface area (Å²) in [6, 6.07) is 6.59. The van der Waals surface area contributed by atoms with E-state index in [9.17, 15) is 0 Å². The molecule has 2 aromatic heterocycles. The monoisotopic (exact) mass is 518 g/mol. The standard InChI is InChI=1S/C20H30N4S2.HI/c1-16(18-7-11-25-15-18)12-22-20(21-2)23-13-17-5-8-24(9-6-17)14-19-4-3-10-26-19;/h3-4,7,10-11,15-17H,5-6,8-9,12-14H2,1-2H3,(H2,21,22,23);1H. The van der Waals surface area contributed by atoms with Crippen LogP contribution in [0.3, 0.4) is 0 Å². The van der Waals surface area contributed by atoms with Crippen molar-refractivity contribution in [2.24, 2.45) is 10.9 Å². The molecule has 3 rings (SSSR count). The molecule has 2 aromatic rings. The molecular weight excluding hydrogens is 487 g/mol. The van der Waals surface area contributed by atoms with Crippen LogP contribution in [0.15, 0.2) is 39.3 Å². The van der Waals surface area contributed by atoms with Gasteiger partial charge >= 0.3 is 0 Å². The molecule has 0 bridgehead atoms. The minimum Gasteiger partial charge on any atom is -0.356 e. The molecule has 1 unspecified atom stereocenters. The SMILES string of the molecule is CN=C(NCC1CCN(Cc2cccs2)CC1)NCC(C)c1ccsc1.I. The van der Waals surface area contributed by atoms with Crippen LogP contribution in [-0.2, 0) is 6.54 Å². The highest BCUT2D eigenvalue weighted by molar-refractivity contribution is 14.0. The first kappa shape index (κ1) is 22.6. The van der Waals surface area contributed by atoms with E-state index in [0.717, 1.165) is 31.5 Å². The smallest absolute Gasteiger partial charge is 0.191 e. The minimum atomic E-state index is 0. The summed E-state index contributed by atoms with van der Waals surface area (Å²) < 4.78 is 0. The third kappa shape index (κ3) is 7.36. The van der Waals surface area contributed by atoms with Gasteiger partial charge in [0.2, 0.25) is 0 Å². The third-order valence-corrected chi connectivity index (χ3v) is 6.70. The molecule has 150 valence electrons. The van der Waals surface area contributed by atoms with Crippen LogP contribution in [0.4, 0.5) is 0 Å². The fraction of sp³-hybridized carbons (Fsp3) is 0.550. The van der Waals surface area contributed by atoms with Gasteiger partial charge in [-0.05, 0) is 71.6 Å². The predicted molar refractivity (Wildman–Crippen MR) is 130 cm³/mol. The molecule has 2 N–H and O–H groups in total. The molecule has 0 amide bonds. The largest absolute Gasteiger partial charge is 0.356 e. The number of aliphatic imine (C=N–C) groups is 1. The lowest BCUT2D eigenvalue weighted by atomic mass is 9.97. The van der Waals surface area contributed by atoms with Crippen LogP contribution < -0.4 is 10.6 Å². The molecule has 0 saturated carbocycles. The topological polar surface area (TPSA) is 39.7 Å². The Morgan fingerprint density at radius 1 is 1.26 bits per heavy atom. The van der Waals surface area contributed by atoms with Crippen molar-refractivity contribution in [3.05, 3.63) is 44.8 Å². The number of nitrogens with zero attached hydrogens (tertiary/aromatic N) is 2. The van der Waals surface area contributed by atoms with E-state index in [1.54, 1.807) is 11.3 Å². The van der Waals surface area contributed by atoms with E-state index >= 15 is 0 Å². The molecule has 1 aliphatic rings. The van der Waals surface area contributed by atoms with Gasteiger partial charge in [-0.25, -0.2) is 0 Å². The second-order valence-electron chi connectivity index (χ2n) is 7.09. The van der Waals surface area contributed by atoms with Crippen LogP contribution >= 0.6 is 46.7 Å². The Morgan fingerprint density at radius 2 is 2.07 bits per heavy atom. The molecule has 0 aliphatic carbocycles. The van der Waals surface area contributed by atoms with E-state index in [0.29, 0.717) is 5.92 Å². The summed E-state index contributed by atoms with van der Waals surface area (Å²) in [5, 5.41) is 13.5. The van der Waals surface area contributed by atoms with E-state index in [1.807, 2.05) is 18.4 Å². The predicted octanol–water partition coefficient (Wildman–Crippen LogP) is 4.61. The summed E-state index contributed by atoms with van der Waals surface area (Å²) in [7, 11) is 1.86. The highest BCUT2D eigenvalue weighted by atomic mass is 127. The molecule has 1 fully saturated rings.